The summed E-state index contributed by atoms with van der Waals surface area (Å²) in [7, 11) is 0. The van der Waals surface area contributed by atoms with Crippen LogP contribution in [0.3, 0.4) is 0 Å². The number of rotatable bonds is 5. The van der Waals surface area contributed by atoms with Gasteiger partial charge in [-0.2, -0.15) is 0 Å². The molecule has 0 bridgehead atoms. The molecule has 138 valence electrons. The van der Waals surface area contributed by atoms with Crippen molar-refractivity contribution in [2.75, 3.05) is 11.5 Å². The summed E-state index contributed by atoms with van der Waals surface area (Å²) in [6.07, 6.45) is 2.62. The smallest absolute Gasteiger partial charge is 0.319 e. The third-order valence-corrected chi connectivity index (χ3v) is 5.73. The maximum absolute atomic E-state index is 13.0. The molecular weight excluding hydrogens is 422 g/mol. The molecule has 1 aromatic rings. The highest BCUT2D eigenvalue weighted by Gasteiger charge is 2.44. The lowest BCUT2D eigenvalue weighted by molar-refractivity contribution is -0.142. The highest BCUT2D eigenvalue weighted by molar-refractivity contribution is 9.10. The van der Waals surface area contributed by atoms with Crippen molar-refractivity contribution in [3.8, 4) is 0 Å². The van der Waals surface area contributed by atoms with Gasteiger partial charge in [-0.15, -0.1) is 0 Å². The summed E-state index contributed by atoms with van der Waals surface area (Å²) in [6, 6.07) is 6.64. The van der Waals surface area contributed by atoms with Crippen LogP contribution in [0, 0.1) is 5.92 Å². The number of imide groups is 1. The number of alkyl halides is 1. The average Bonchev–Trinajstić information content (AvgIpc) is 2.88. The Bertz CT molecular complexity index is 774. The van der Waals surface area contributed by atoms with Crippen LogP contribution in [-0.2, 0) is 19.1 Å². The first-order valence-corrected chi connectivity index (χ1v) is 9.91. The summed E-state index contributed by atoms with van der Waals surface area (Å²) in [5.74, 6) is -1.03. The molecule has 1 aliphatic carbocycles. The van der Waals surface area contributed by atoms with Crippen molar-refractivity contribution in [2.45, 2.75) is 37.4 Å². The van der Waals surface area contributed by atoms with Gasteiger partial charge in [0.05, 0.1) is 12.3 Å². The van der Waals surface area contributed by atoms with Gasteiger partial charge in [-0.1, -0.05) is 27.5 Å². The molecule has 0 spiro atoms. The summed E-state index contributed by atoms with van der Waals surface area (Å²) in [5.41, 5.74) is 1.63. The molecule has 7 heteroatoms. The zero-order valence-electron chi connectivity index (χ0n) is 14.3. The number of ether oxygens (including phenoxy) is 1. The molecule has 2 amide bonds. The number of halogens is 2. The maximum atomic E-state index is 13.0. The fourth-order valence-electron chi connectivity index (χ4n) is 3.56. The van der Waals surface area contributed by atoms with Crippen molar-refractivity contribution < 1.29 is 19.1 Å². The molecule has 0 saturated heterocycles. The number of hydrogen-bond donors (Lipinski definition) is 0. The average molecular weight is 441 g/mol. The predicted octanol–water partition coefficient (Wildman–Crippen LogP) is 4.03. The second kappa shape index (κ2) is 7.92. The number of hydrogen-bond acceptors (Lipinski definition) is 4. The first kappa shape index (κ1) is 19.1. The fraction of sp³-hybridized carbons (Fsp3) is 0.421. The Kier molecular flexibility index (Phi) is 5.82. The van der Waals surface area contributed by atoms with E-state index < -0.39 is 4.83 Å². The van der Waals surface area contributed by atoms with E-state index in [0.29, 0.717) is 41.3 Å². The van der Waals surface area contributed by atoms with Crippen LogP contribution in [0.25, 0.3) is 0 Å². The van der Waals surface area contributed by atoms with Gasteiger partial charge in [0.1, 0.15) is 4.83 Å². The van der Waals surface area contributed by atoms with Crippen molar-refractivity contribution in [3.05, 3.63) is 40.4 Å². The molecule has 1 aromatic carbocycles. The van der Waals surface area contributed by atoms with E-state index in [0.717, 1.165) is 12.8 Å². The van der Waals surface area contributed by atoms with Crippen LogP contribution in [-0.4, -0.2) is 29.2 Å². The minimum atomic E-state index is -0.494. The van der Waals surface area contributed by atoms with Crippen LogP contribution >= 0.6 is 27.5 Å². The van der Waals surface area contributed by atoms with Crippen LogP contribution in [0.2, 0.25) is 5.02 Å². The highest BCUT2D eigenvalue weighted by Crippen LogP contribution is 2.41. The minimum Gasteiger partial charge on any atom is -0.465 e. The molecule has 5 nitrogen and oxygen atoms in total. The molecule has 1 aliphatic heterocycles. The molecule has 0 saturated carbocycles. The lowest BCUT2D eigenvalue weighted by Crippen LogP contribution is -2.32. The van der Waals surface area contributed by atoms with E-state index in [1.54, 1.807) is 31.2 Å². The van der Waals surface area contributed by atoms with Crippen LogP contribution in [0.15, 0.2) is 35.4 Å². The molecule has 0 aromatic heterocycles. The molecule has 26 heavy (non-hydrogen) atoms. The van der Waals surface area contributed by atoms with Gasteiger partial charge in [-0.05, 0) is 62.8 Å². The molecule has 2 unspecified atom stereocenters. The largest absolute Gasteiger partial charge is 0.465 e. The van der Waals surface area contributed by atoms with Crippen molar-refractivity contribution in [1.29, 1.82) is 0 Å². The first-order chi connectivity index (χ1) is 12.4. The van der Waals surface area contributed by atoms with Gasteiger partial charge < -0.3 is 4.74 Å². The van der Waals surface area contributed by atoms with Gasteiger partial charge in [-0.3, -0.25) is 14.4 Å². The predicted molar refractivity (Wildman–Crippen MR) is 102 cm³/mol. The number of anilines is 1. The number of nitrogens with zero attached hydrogens (tertiary/aromatic N) is 1. The van der Waals surface area contributed by atoms with Gasteiger partial charge in [-0.25, -0.2) is 4.90 Å². The summed E-state index contributed by atoms with van der Waals surface area (Å²) in [6.45, 7) is 2.06. The Morgan fingerprint density at radius 2 is 2.00 bits per heavy atom. The lowest BCUT2D eigenvalue weighted by Gasteiger charge is -2.24. The van der Waals surface area contributed by atoms with Crippen LogP contribution in [0.1, 0.15) is 32.6 Å². The van der Waals surface area contributed by atoms with Crippen LogP contribution < -0.4 is 4.90 Å². The number of carbonyl (C=O) groups excluding carboxylic acids is 3. The Balaban J connectivity index is 1.84. The van der Waals surface area contributed by atoms with Gasteiger partial charge in [0.15, 0.2) is 0 Å². The van der Waals surface area contributed by atoms with E-state index in [2.05, 4.69) is 15.9 Å². The van der Waals surface area contributed by atoms with E-state index in [9.17, 15) is 14.4 Å². The molecule has 2 aliphatic rings. The van der Waals surface area contributed by atoms with Crippen molar-refractivity contribution in [3.63, 3.8) is 0 Å². The Labute approximate surface area is 165 Å². The molecule has 0 N–H and O–H groups in total. The Hall–Kier alpha value is -1.66. The van der Waals surface area contributed by atoms with Crippen LogP contribution in [0.5, 0.6) is 0 Å². The monoisotopic (exact) mass is 439 g/mol. The van der Waals surface area contributed by atoms with Crippen LogP contribution in [0.4, 0.5) is 5.69 Å². The van der Waals surface area contributed by atoms with Crippen molar-refractivity contribution >= 4 is 51.0 Å². The standard InChI is InChI=1S/C19H19BrClNO4/c1-2-26-19(25)15(20)10-11-4-3-5-14-16(11)18(24)22(17(14)23)13-8-6-12(21)7-9-13/h6-9,11,15H,2-5,10H2,1H3. The lowest BCUT2D eigenvalue weighted by atomic mass is 9.81. The quantitative estimate of drug-likeness (QED) is 0.394. The third-order valence-electron chi connectivity index (χ3n) is 4.73. The number of carbonyl (C=O) groups is 3. The molecule has 0 fully saturated rings. The summed E-state index contributed by atoms with van der Waals surface area (Å²) >= 11 is 9.26. The summed E-state index contributed by atoms with van der Waals surface area (Å²) in [5, 5.41) is 0.542. The second-order valence-corrected chi connectivity index (χ2v) is 7.90. The fourth-order valence-corrected chi connectivity index (χ4v) is 4.27. The number of amides is 2. The molecule has 3 rings (SSSR count). The van der Waals surface area contributed by atoms with Gasteiger partial charge >= 0.3 is 5.97 Å². The first-order valence-electron chi connectivity index (χ1n) is 8.62. The Morgan fingerprint density at radius 3 is 2.65 bits per heavy atom. The summed E-state index contributed by atoms with van der Waals surface area (Å²) in [4.78, 5) is 38.5. The van der Waals surface area contributed by atoms with E-state index in [-0.39, 0.29) is 23.7 Å². The molecular formula is C19H19BrClNO4. The SMILES string of the molecule is CCOC(=O)C(Br)CC1CCCC2=C1C(=O)N(c1ccc(Cl)cc1)C2=O. The van der Waals surface area contributed by atoms with E-state index in [1.165, 1.54) is 4.90 Å². The number of esters is 1. The van der Waals surface area contributed by atoms with E-state index >= 15 is 0 Å². The third kappa shape index (κ3) is 3.58. The van der Waals surface area contributed by atoms with E-state index in [1.807, 2.05) is 0 Å². The molecule has 2 atom stereocenters. The number of benzene rings is 1. The molecule has 0 radical (unpaired) electrons. The van der Waals surface area contributed by atoms with Crippen molar-refractivity contribution in [2.24, 2.45) is 5.92 Å². The normalized spacial score (nSPS) is 21.0. The maximum Gasteiger partial charge on any atom is 0.319 e. The van der Waals surface area contributed by atoms with Gasteiger partial charge in [0, 0.05) is 16.2 Å². The highest BCUT2D eigenvalue weighted by atomic mass is 79.9. The van der Waals surface area contributed by atoms with Gasteiger partial charge in [0.2, 0.25) is 0 Å². The topological polar surface area (TPSA) is 63.7 Å². The zero-order chi connectivity index (χ0) is 18.8. The van der Waals surface area contributed by atoms with Gasteiger partial charge in [0.25, 0.3) is 11.8 Å². The van der Waals surface area contributed by atoms with E-state index in [4.69, 9.17) is 16.3 Å². The van der Waals surface area contributed by atoms with Crippen molar-refractivity contribution in [1.82, 2.24) is 0 Å². The minimum absolute atomic E-state index is 0.138. The zero-order valence-corrected chi connectivity index (χ0v) is 16.7. The second-order valence-electron chi connectivity index (χ2n) is 6.36. The molecule has 1 heterocycles. The summed E-state index contributed by atoms with van der Waals surface area (Å²) < 4.78 is 5.03. The Morgan fingerprint density at radius 1 is 1.31 bits per heavy atom.